The van der Waals surface area contributed by atoms with Crippen LogP contribution in [0, 0.1) is 0 Å². The molecule has 0 saturated heterocycles. The van der Waals surface area contributed by atoms with Crippen molar-refractivity contribution in [3.05, 3.63) is 35.9 Å². The van der Waals surface area contributed by atoms with Crippen LogP contribution < -0.4 is 11.5 Å². The minimum Gasteiger partial charge on any atom is -0.381 e. The topological polar surface area (TPSA) is 89.3 Å². The molecule has 0 aliphatic heterocycles. The van der Waals surface area contributed by atoms with Crippen LogP contribution >= 0.6 is 0 Å². The van der Waals surface area contributed by atoms with E-state index in [1.54, 1.807) is 24.3 Å². The van der Waals surface area contributed by atoms with E-state index in [0.717, 1.165) is 0 Å². The molecule has 13 heavy (non-hydrogen) atoms. The predicted molar refractivity (Wildman–Crippen MR) is 48.6 cm³/mol. The third kappa shape index (κ3) is 2.27. The molecular weight excluding hydrogens is 168 g/mol. The highest BCUT2D eigenvalue weighted by Crippen LogP contribution is 2.12. The van der Waals surface area contributed by atoms with Crippen molar-refractivity contribution in [2.45, 2.75) is 12.1 Å². The molecule has 0 saturated carbocycles. The Bertz CT molecular complexity index is 287. The van der Waals surface area contributed by atoms with Crippen LogP contribution in [0.15, 0.2) is 30.3 Å². The Balaban J connectivity index is 2.79. The van der Waals surface area contributed by atoms with Crippen molar-refractivity contribution in [2.75, 3.05) is 0 Å². The lowest BCUT2D eigenvalue weighted by atomic mass is 10.0. The van der Waals surface area contributed by atoms with Gasteiger partial charge in [-0.15, -0.1) is 0 Å². The summed E-state index contributed by atoms with van der Waals surface area (Å²) >= 11 is 0. The molecule has 0 spiro atoms. The molecule has 1 aromatic carbocycles. The van der Waals surface area contributed by atoms with Crippen molar-refractivity contribution in [3.63, 3.8) is 0 Å². The maximum Gasteiger partial charge on any atom is 0.248 e. The summed E-state index contributed by atoms with van der Waals surface area (Å²) in [7, 11) is 0. The maximum absolute atomic E-state index is 10.6. The van der Waals surface area contributed by atoms with Gasteiger partial charge in [0.15, 0.2) is 6.10 Å². The Hall–Kier alpha value is -1.39. The van der Waals surface area contributed by atoms with Crippen molar-refractivity contribution in [2.24, 2.45) is 11.5 Å². The van der Waals surface area contributed by atoms with Gasteiger partial charge in [-0.1, -0.05) is 30.3 Å². The van der Waals surface area contributed by atoms with Crippen LogP contribution in [-0.4, -0.2) is 17.1 Å². The van der Waals surface area contributed by atoms with Gasteiger partial charge < -0.3 is 16.6 Å². The van der Waals surface area contributed by atoms with E-state index in [-0.39, 0.29) is 0 Å². The summed E-state index contributed by atoms with van der Waals surface area (Å²) in [5, 5.41) is 9.25. The number of hydrogen-bond donors (Lipinski definition) is 3. The van der Waals surface area contributed by atoms with Crippen molar-refractivity contribution in [1.29, 1.82) is 0 Å². The van der Waals surface area contributed by atoms with Crippen molar-refractivity contribution >= 4 is 5.91 Å². The highest BCUT2D eigenvalue weighted by Gasteiger charge is 2.21. The second-order valence-corrected chi connectivity index (χ2v) is 2.78. The number of benzene rings is 1. The van der Waals surface area contributed by atoms with Gasteiger partial charge >= 0.3 is 0 Å². The van der Waals surface area contributed by atoms with Crippen molar-refractivity contribution < 1.29 is 9.90 Å². The second kappa shape index (κ2) is 4.02. The number of aliphatic hydroxyl groups is 1. The zero-order chi connectivity index (χ0) is 9.84. The molecule has 1 amide bonds. The Labute approximate surface area is 76.2 Å². The Morgan fingerprint density at radius 2 is 1.85 bits per heavy atom. The fourth-order valence-corrected chi connectivity index (χ4v) is 1.03. The van der Waals surface area contributed by atoms with Crippen LogP contribution in [0.1, 0.15) is 11.6 Å². The highest BCUT2D eigenvalue weighted by molar-refractivity contribution is 5.79. The molecule has 1 aromatic rings. The Morgan fingerprint density at radius 1 is 1.31 bits per heavy atom. The van der Waals surface area contributed by atoms with Crippen LogP contribution in [-0.2, 0) is 4.79 Å². The molecule has 2 atom stereocenters. The molecule has 0 bridgehead atoms. The summed E-state index contributed by atoms with van der Waals surface area (Å²) in [6.07, 6.45) is -1.33. The van der Waals surface area contributed by atoms with Crippen LogP contribution in [0.2, 0.25) is 0 Å². The van der Waals surface area contributed by atoms with Crippen LogP contribution in [0.5, 0.6) is 0 Å². The summed E-state index contributed by atoms with van der Waals surface area (Å²) in [6, 6.07) is 8.10. The number of carbonyl (C=O) groups is 1. The normalized spacial score (nSPS) is 14.9. The van der Waals surface area contributed by atoms with Crippen molar-refractivity contribution in [1.82, 2.24) is 0 Å². The van der Waals surface area contributed by atoms with Gasteiger partial charge in [0.1, 0.15) is 0 Å². The molecule has 0 unspecified atom stereocenters. The number of nitrogens with two attached hydrogens (primary N) is 2. The molecule has 0 aliphatic rings. The van der Waals surface area contributed by atoms with E-state index in [0.29, 0.717) is 5.56 Å². The van der Waals surface area contributed by atoms with Crippen LogP contribution in [0.4, 0.5) is 0 Å². The smallest absolute Gasteiger partial charge is 0.248 e. The molecule has 0 heterocycles. The first kappa shape index (κ1) is 9.70. The fraction of sp³-hybridized carbons (Fsp3) is 0.222. The summed E-state index contributed by atoms with van der Waals surface area (Å²) in [4.78, 5) is 10.6. The number of carbonyl (C=O) groups excluding carboxylic acids is 1. The van der Waals surface area contributed by atoms with Crippen molar-refractivity contribution in [3.8, 4) is 0 Å². The average Bonchev–Trinajstić information content (AvgIpc) is 2.17. The minimum absolute atomic E-state index is 0.689. The Morgan fingerprint density at radius 3 is 2.31 bits per heavy atom. The molecule has 0 aromatic heterocycles. The summed E-state index contributed by atoms with van der Waals surface area (Å²) in [5.41, 5.74) is 11.2. The van der Waals surface area contributed by atoms with E-state index < -0.39 is 18.1 Å². The summed E-state index contributed by atoms with van der Waals surface area (Å²) in [5.74, 6) is -0.809. The standard InChI is InChI=1S/C9H12N2O2/c10-7(8(12)9(11)13)6-4-2-1-3-5-6/h1-5,7-8,12H,10H2,(H2,11,13)/t7-,8+/m1/s1. The number of rotatable bonds is 3. The van der Waals surface area contributed by atoms with Gasteiger partial charge in [0.2, 0.25) is 5.91 Å². The first-order valence-electron chi connectivity index (χ1n) is 3.91. The minimum atomic E-state index is -1.33. The zero-order valence-corrected chi connectivity index (χ0v) is 7.05. The quantitative estimate of drug-likeness (QED) is 0.587. The van der Waals surface area contributed by atoms with Gasteiger partial charge in [-0.05, 0) is 5.56 Å². The number of amides is 1. The van der Waals surface area contributed by atoms with Gasteiger partial charge in [0.05, 0.1) is 6.04 Å². The second-order valence-electron chi connectivity index (χ2n) is 2.78. The lowest BCUT2D eigenvalue weighted by molar-refractivity contribution is -0.127. The van der Waals surface area contributed by atoms with E-state index in [1.165, 1.54) is 0 Å². The number of aliphatic hydroxyl groups excluding tert-OH is 1. The lowest BCUT2D eigenvalue weighted by Gasteiger charge is -2.15. The maximum atomic E-state index is 10.6. The summed E-state index contributed by atoms with van der Waals surface area (Å²) in [6.45, 7) is 0. The Kier molecular flexibility index (Phi) is 3.00. The molecule has 1 rings (SSSR count). The predicted octanol–water partition coefficient (Wildman–Crippen LogP) is -0.467. The molecule has 70 valence electrons. The SMILES string of the molecule is NC(=O)[C@@H](O)[C@H](N)c1ccccc1. The van der Waals surface area contributed by atoms with Gasteiger partial charge in [-0.25, -0.2) is 0 Å². The third-order valence-electron chi connectivity index (χ3n) is 1.82. The first-order valence-corrected chi connectivity index (χ1v) is 3.91. The van der Waals surface area contributed by atoms with Gasteiger partial charge in [0, 0.05) is 0 Å². The molecule has 5 N–H and O–H groups in total. The molecule has 0 aliphatic carbocycles. The molecule has 4 nitrogen and oxygen atoms in total. The van der Waals surface area contributed by atoms with E-state index in [9.17, 15) is 9.90 Å². The monoisotopic (exact) mass is 180 g/mol. The number of primary amides is 1. The van der Waals surface area contributed by atoms with Gasteiger partial charge in [0.25, 0.3) is 0 Å². The molecule has 0 fully saturated rings. The van der Waals surface area contributed by atoms with E-state index in [4.69, 9.17) is 11.5 Å². The highest BCUT2D eigenvalue weighted by atomic mass is 16.3. The molecule has 4 heteroatoms. The first-order chi connectivity index (χ1) is 6.13. The van der Waals surface area contributed by atoms with Crippen LogP contribution in [0.3, 0.4) is 0 Å². The largest absolute Gasteiger partial charge is 0.381 e. The molecular formula is C9H12N2O2. The van der Waals surface area contributed by atoms with Crippen LogP contribution in [0.25, 0.3) is 0 Å². The third-order valence-corrected chi connectivity index (χ3v) is 1.82. The zero-order valence-electron chi connectivity index (χ0n) is 7.05. The van der Waals surface area contributed by atoms with E-state index in [1.807, 2.05) is 6.07 Å². The molecule has 0 radical (unpaired) electrons. The van der Waals surface area contributed by atoms with E-state index in [2.05, 4.69) is 0 Å². The fourth-order valence-electron chi connectivity index (χ4n) is 1.03. The van der Waals surface area contributed by atoms with E-state index >= 15 is 0 Å². The summed E-state index contributed by atoms with van der Waals surface area (Å²) < 4.78 is 0. The lowest BCUT2D eigenvalue weighted by Crippen LogP contribution is -2.37. The average molecular weight is 180 g/mol. The van der Waals surface area contributed by atoms with Gasteiger partial charge in [-0.2, -0.15) is 0 Å². The number of hydrogen-bond acceptors (Lipinski definition) is 3. The van der Waals surface area contributed by atoms with Gasteiger partial charge in [-0.3, -0.25) is 4.79 Å².